The number of Topliss-reactive ketones (excluding diaryl/α,β-unsaturated/α-hetero) is 1. The lowest BCUT2D eigenvalue weighted by molar-refractivity contribution is 0.101. The maximum Gasteiger partial charge on any atom is 0.321 e. The van der Waals surface area contributed by atoms with E-state index in [2.05, 4.69) is 29.3 Å². The van der Waals surface area contributed by atoms with Crippen LogP contribution < -0.4 is 10.2 Å². The van der Waals surface area contributed by atoms with Gasteiger partial charge < -0.3 is 15.1 Å². The summed E-state index contributed by atoms with van der Waals surface area (Å²) in [5, 5.41) is 3.08. The van der Waals surface area contributed by atoms with Gasteiger partial charge >= 0.3 is 6.03 Å². The number of carbonyl (C=O) groups excluding carboxylic acids is 2. The molecule has 5 heteroatoms. The summed E-state index contributed by atoms with van der Waals surface area (Å²) in [7, 11) is 0. The Hall–Kier alpha value is -2.82. The highest BCUT2D eigenvalue weighted by Gasteiger charge is 2.22. The molecular weight excluding hydrogens is 338 g/mol. The van der Waals surface area contributed by atoms with E-state index in [-0.39, 0.29) is 11.8 Å². The predicted molar refractivity (Wildman–Crippen MR) is 110 cm³/mol. The average Bonchev–Trinajstić information content (AvgIpc) is 2.64. The van der Waals surface area contributed by atoms with Gasteiger partial charge in [-0.2, -0.15) is 0 Å². The van der Waals surface area contributed by atoms with E-state index in [1.807, 2.05) is 43.0 Å². The molecule has 142 valence electrons. The summed E-state index contributed by atoms with van der Waals surface area (Å²) in [5.74, 6) is 0.0682. The molecule has 2 aromatic carbocycles. The van der Waals surface area contributed by atoms with Gasteiger partial charge in [0.1, 0.15) is 0 Å². The first-order valence-electron chi connectivity index (χ1n) is 9.35. The molecule has 1 aliphatic heterocycles. The second-order valence-electron chi connectivity index (χ2n) is 7.28. The van der Waals surface area contributed by atoms with Gasteiger partial charge in [-0.15, -0.1) is 0 Å². The number of hydrogen-bond acceptors (Lipinski definition) is 3. The minimum atomic E-state index is -0.0535. The van der Waals surface area contributed by atoms with Crippen molar-refractivity contribution in [3.63, 3.8) is 0 Å². The summed E-state index contributed by atoms with van der Waals surface area (Å²) in [5.41, 5.74) is 6.03. The molecule has 5 nitrogen and oxygen atoms in total. The first kappa shape index (κ1) is 19.0. The maximum atomic E-state index is 12.7. The van der Waals surface area contributed by atoms with E-state index < -0.39 is 0 Å². The Morgan fingerprint density at radius 1 is 0.926 bits per heavy atom. The van der Waals surface area contributed by atoms with Crippen LogP contribution in [0.1, 0.15) is 34.0 Å². The number of benzene rings is 2. The third-order valence-corrected chi connectivity index (χ3v) is 5.09. The van der Waals surface area contributed by atoms with Crippen LogP contribution in [0.4, 0.5) is 16.2 Å². The van der Waals surface area contributed by atoms with Gasteiger partial charge in [-0.05, 0) is 51.0 Å². The van der Waals surface area contributed by atoms with E-state index in [1.165, 1.54) is 5.56 Å². The third kappa shape index (κ3) is 4.30. The number of ketones is 1. The Morgan fingerprint density at radius 2 is 1.56 bits per heavy atom. The van der Waals surface area contributed by atoms with Crippen molar-refractivity contribution in [2.75, 3.05) is 36.4 Å². The fourth-order valence-corrected chi connectivity index (χ4v) is 3.65. The lowest BCUT2D eigenvalue weighted by Gasteiger charge is -2.36. The van der Waals surface area contributed by atoms with E-state index >= 15 is 0 Å². The lowest BCUT2D eigenvalue weighted by atomic mass is 10.1. The Labute approximate surface area is 161 Å². The topological polar surface area (TPSA) is 52.7 Å². The molecule has 27 heavy (non-hydrogen) atoms. The molecule has 1 heterocycles. The predicted octanol–water partition coefficient (Wildman–Crippen LogP) is 4.17. The van der Waals surface area contributed by atoms with Crippen LogP contribution in [0, 0.1) is 20.8 Å². The van der Waals surface area contributed by atoms with Crippen molar-refractivity contribution in [2.24, 2.45) is 0 Å². The zero-order chi connectivity index (χ0) is 19.6. The third-order valence-electron chi connectivity index (χ3n) is 5.09. The molecule has 1 fully saturated rings. The van der Waals surface area contributed by atoms with Gasteiger partial charge in [-0.3, -0.25) is 4.79 Å². The van der Waals surface area contributed by atoms with E-state index in [0.717, 1.165) is 41.2 Å². The highest BCUT2D eigenvalue weighted by molar-refractivity contribution is 5.95. The standard InChI is InChI=1S/C22H27N3O2/c1-15-12-16(2)21(17(3)13-15)23-22(27)25-10-8-24(9-11-25)20-7-5-6-19(14-20)18(4)26/h5-7,12-14H,8-11H2,1-4H3,(H,23,27). The minimum Gasteiger partial charge on any atom is -0.368 e. The van der Waals surface area contributed by atoms with Gasteiger partial charge in [0.05, 0.1) is 0 Å². The molecule has 0 bridgehead atoms. The number of hydrogen-bond donors (Lipinski definition) is 1. The first-order valence-corrected chi connectivity index (χ1v) is 9.35. The number of nitrogens with zero attached hydrogens (tertiary/aromatic N) is 2. The highest BCUT2D eigenvalue weighted by Crippen LogP contribution is 2.23. The summed E-state index contributed by atoms with van der Waals surface area (Å²) >= 11 is 0. The fourth-order valence-electron chi connectivity index (χ4n) is 3.65. The van der Waals surface area contributed by atoms with Gasteiger partial charge in [0, 0.05) is 43.1 Å². The van der Waals surface area contributed by atoms with Crippen molar-refractivity contribution in [2.45, 2.75) is 27.7 Å². The van der Waals surface area contributed by atoms with Crippen molar-refractivity contribution < 1.29 is 9.59 Å². The molecule has 1 N–H and O–H groups in total. The summed E-state index contributed by atoms with van der Waals surface area (Å²) < 4.78 is 0. The Morgan fingerprint density at radius 3 is 2.15 bits per heavy atom. The van der Waals surface area contributed by atoms with Crippen LogP contribution in [-0.2, 0) is 0 Å². The molecule has 0 unspecified atom stereocenters. The SMILES string of the molecule is CC(=O)c1cccc(N2CCN(C(=O)Nc3c(C)cc(C)cc3C)CC2)c1. The van der Waals surface area contributed by atoms with Crippen molar-refractivity contribution in [3.8, 4) is 0 Å². The number of urea groups is 1. The van der Waals surface area contributed by atoms with Gasteiger partial charge in [0.2, 0.25) is 0 Å². The highest BCUT2D eigenvalue weighted by atomic mass is 16.2. The van der Waals surface area contributed by atoms with Crippen molar-refractivity contribution >= 4 is 23.2 Å². The van der Waals surface area contributed by atoms with E-state index in [0.29, 0.717) is 13.1 Å². The fraction of sp³-hybridized carbons (Fsp3) is 0.364. The van der Waals surface area contributed by atoms with Crippen LogP contribution in [0.15, 0.2) is 36.4 Å². The summed E-state index contributed by atoms with van der Waals surface area (Å²) in [6.07, 6.45) is 0. The molecule has 0 aromatic heterocycles. The molecular formula is C22H27N3O2. The molecule has 1 aliphatic rings. The largest absolute Gasteiger partial charge is 0.368 e. The molecule has 0 radical (unpaired) electrons. The monoisotopic (exact) mass is 365 g/mol. The average molecular weight is 365 g/mol. The van der Waals surface area contributed by atoms with Crippen molar-refractivity contribution in [3.05, 3.63) is 58.7 Å². The number of amides is 2. The minimum absolute atomic E-state index is 0.0535. The maximum absolute atomic E-state index is 12.7. The molecule has 2 amide bonds. The van der Waals surface area contributed by atoms with Crippen molar-refractivity contribution in [1.29, 1.82) is 0 Å². The van der Waals surface area contributed by atoms with E-state index in [4.69, 9.17) is 0 Å². The van der Waals surface area contributed by atoms with Gasteiger partial charge in [-0.25, -0.2) is 4.79 Å². The van der Waals surface area contributed by atoms with Crippen LogP contribution in [0.5, 0.6) is 0 Å². The molecule has 0 aliphatic carbocycles. The lowest BCUT2D eigenvalue weighted by Crippen LogP contribution is -2.50. The number of anilines is 2. The Balaban J connectivity index is 1.63. The molecule has 1 saturated heterocycles. The quantitative estimate of drug-likeness (QED) is 0.831. The second kappa shape index (κ2) is 7.82. The summed E-state index contributed by atoms with van der Waals surface area (Å²) in [6.45, 7) is 10.5. The first-order chi connectivity index (χ1) is 12.8. The Kier molecular flexibility index (Phi) is 5.49. The summed E-state index contributed by atoms with van der Waals surface area (Å²) in [4.78, 5) is 28.4. The molecule has 2 aromatic rings. The van der Waals surface area contributed by atoms with Crippen LogP contribution in [0.25, 0.3) is 0 Å². The Bertz CT molecular complexity index is 845. The smallest absolute Gasteiger partial charge is 0.321 e. The zero-order valence-electron chi connectivity index (χ0n) is 16.5. The molecule has 0 atom stereocenters. The van der Waals surface area contributed by atoms with Crippen LogP contribution in [0.2, 0.25) is 0 Å². The zero-order valence-corrected chi connectivity index (χ0v) is 16.5. The van der Waals surface area contributed by atoms with Crippen LogP contribution in [-0.4, -0.2) is 42.9 Å². The molecule has 0 saturated carbocycles. The van der Waals surface area contributed by atoms with Crippen LogP contribution in [0.3, 0.4) is 0 Å². The van der Waals surface area contributed by atoms with E-state index in [9.17, 15) is 9.59 Å². The summed E-state index contributed by atoms with van der Waals surface area (Å²) in [6, 6.07) is 11.8. The van der Waals surface area contributed by atoms with Gasteiger partial charge in [0.25, 0.3) is 0 Å². The number of piperazine rings is 1. The number of aryl methyl sites for hydroxylation is 3. The van der Waals surface area contributed by atoms with Crippen molar-refractivity contribution in [1.82, 2.24) is 4.90 Å². The normalized spacial score (nSPS) is 14.2. The molecule has 3 rings (SSSR count). The second-order valence-corrected chi connectivity index (χ2v) is 7.28. The number of nitrogens with one attached hydrogen (secondary N) is 1. The number of rotatable bonds is 3. The number of carbonyl (C=O) groups is 2. The van der Waals surface area contributed by atoms with Gasteiger partial charge in [-0.1, -0.05) is 29.8 Å². The van der Waals surface area contributed by atoms with E-state index in [1.54, 1.807) is 6.92 Å². The van der Waals surface area contributed by atoms with Gasteiger partial charge in [0.15, 0.2) is 5.78 Å². The molecule has 0 spiro atoms. The van der Waals surface area contributed by atoms with Crippen LogP contribution >= 0.6 is 0 Å².